The molecule has 2 aliphatic rings. The minimum atomic E-state index is -0.697. The lowest BCUT2D eigenvalue weighted by molar-refractivity contribution is -0.143. The second kappa shape index (κ2) is 15.7. The third-order valence-electron chi connectivity index (χ3n) is 7.48. The van der Waals surface area contributed by atoms with E-state index in [4.69, 9.17) is 23.7 Å². The topological polar surface area (TPSA) is 183 Å². The van der Waals surface area contributed by atoms with E-state index in [0.717, 1.165) is 29.7 Å². The number of nitriles is 1. The third kappa shape index (κ3) is 8.38. The maximum absolute atomic E-state index is 13.2. The Morgan fingerprint density at radius 1 is 1.02 bits per heavy atom. The molecule has 14 nitrogen and oxygen atoms in total. The number of fused-ring (bicyclic) bond motifs is 1. The average molecular weight is 677 g/mol. The standard InChI is InChI=1S/C36H32N6O8/c1-2-46-30(44)12-10-23-15-25(32-38-13-6-14-39-32)18-26(16-23)49-34-31-33(47-21-29(43)40-31)41-36(42-34)50-28-17-24(19-37)9-11-27(28)35(45)48-20-22-7-4-3-5-8-22/h3-5,7-9,11,13,15-18,32,39H,2,6,10,12,14,20-21H2,1H3,(H,40,43). The molecule has 0 radical (unpaired) electrons. The summed E-state index contributed by atoms with van der Waals surface area (Å²) in [6.07, 6.45) is 2.82. The zero-order valence-corrected chi connectivity index (χ0v) is 27.0. The van der Waals surface area contributed by atoms with Crippen LogP contribution in [0.25, 0.3) is 0 Å². The first-order valence-corrected chi connectivity index (χ1v) is 15.9. The Labute approximate surface area is 287 Å². The van der Waals surface area contributed by atoms with E-state index in [0.29, 0.717) is 12.2 Å². The fraction of sp³-hybridized carbons (Fsp3) is 0.250. The smallest absolute Gasteiger partial charge is 0.342 e. The number of carbonyl (C=O) groups excluding carboxylic acids is 3. The number of rotatable bonds is 12. The second-order valence-electron chi connectivity index (χ2n) is 11.1. The molecule has 4 aromatic rings. The van der Waals surface area contributed by atoms with Gasteiger partial charge in [-0.15, -0.1) is 0 Å². The number of carbonyl (C=O) groups is 3. The average Bonchev–Trinajstić information content (AvgIpc) is 3.14. The molecule has 0 aliphatic carbocycles. The highest BCUT2D eigenvalue weighted by molar-refractivity contribution is 5.96. The Balaban J connectivity index is 1.33. The predicted molar refractivity (Wildman–Crippen MR) is 178 cm³/mol. The van der Waals surface area contributed by atoms with Crippen molar-refractivity contribution >= 4 is 29.7 Å². The van der Waals surface area contributed by atoms with Crippen molar-refractivity contribution in [3.05, 3.63) is 94.5 Å². The van der Waals surface area contributed by atoms with Crippen molar-refractivity contribution in [1.29, 1.82) is 5.26 Å². The molecule has 0 saturated heterocycles. The second-order valence-corrected chi connectivity index (χ2v) is 11.1. The predicted octanol–water partition coefficient (Wildman–Crippen LogP) is 5.18. The molecule has 2 aliphatic heterocycles. The number of anilines is 1. The van der Waals surface area contributed by atoms with Gasteiger partial charge in [0.05, 0.1) is 18.2 Å². The van der Waals surface area contributed by atoms with Crippen LogP contribution in [0.2, 0.25) is 0 Å². The molecular formula is C36H32N6O8. The van der Waals surface area contributed by atoms with Crippen LogP contribution in [-0.4, -0.2) is 53.8 Å². The fourth-order valence-corrected chi connectivity index (χ4v) is 5.15. The van der Waals surface area contributed by atoms with E-state index in [1.165, 1.54) is 18.2 Å². The van der Waals surface area contributed by atoms with E-state index in [1.807, 2.05) is 48.7 Å². The third-order valence-corrected chi connectivity index (χ3v) is 7.48. The molecule has 3 heterocycles. The Morgan fingerprint density at radius 3 is 2.66 bits per heavy atom. The number of aromatic nitrogens is 2. The van der Waals surface area contributed by atoms with Gasteiger partial charge < -0.3 is 29.0 Å². The minimum Gasteiger partial charge on any atom is -0.466 e. The lowest BCUT2D eigenvalue weighted by Gasteiger charge is -2.22. The van der Waals surface area contributed by atoms with E-state index in [-0.39, 0.29) is 78.7 Å². The molecule has 1 aromatic heterocycles. The van der Waals surface area contributed by atoms with Crippen molar-refractivity contribution in [1.82, 2.24) is 15.3 Å². The minimum absolute atomic E-state index is 0.0164. The molecule has 14 heteroatoms. The van der Waals surface area contributed by atoms with Crippen molar-refractivity contribution in [2.24, 2.45) is 4.99 Å². The number of nitrogens with one attached hydrogen (secondary N) is 2. The van der Waals surface area contributed by atoms with Crippen LogP contribution in [0.15, 0.2) is 71.7 Å². The molecule has 6 rings (SSSR count). The molecule has 254 valence electrons. The van der Waals surface area contributed by atoms with E-state index in [9.17, 15) is 19.6 Å². The lowest BCUT2D eigenvalue weighted by atomic mass is 10.0. The molecule has 1 amide bonds. The summed E-state index contributed by atoms with van der Waals surface area (Å²) >= 11 is 0. The normalized spacial score (nSPS) is 14.7. The summed E-state index contributed by atoms with van der Waals surface area (Å²) in [5.41, 5.74) is 2.65. The monoisotopic (exact) mass is 676 g/mol. The highest BCUT2D eigenvalue weighted by Gasteiger charge is 2.27. The van der Waals surface area contributed by atoms with Crippen LogP contribution in [0.3, 0.4) is 0 Å². The van der Waals surface area contributed by atoms with Crippen molar-refractivity contribution < 1.29 is 38.1 Å². The maximum Gasteiger partial charge on any atom is 0.342 e. The number of aliphatic imine (C=N–C) groups is 1. The molecule has 1 atom stereocenters. The van der Waals surface area contributed by atoms with Crippen LogP contribution in [0.1, 0.15) is 58.5 Å². The van der Waals surface area contributed by atoms with Gasteiger partial charge in [-0.3, -0.25) is 19.9 Å². The number of nitrogens with zero attached hydrogens (tertiary/aromatic N) is 4. The van der Waals surface area contributed by atoms with Gasteiger partial charge in [-0.2, -0.15) is 15.2 Å². The van der Waals surface area contributed by atoms with Crippen LogP contribution in [-0.2, 0) is 32.1 Å². The Kier molecular flexibility index (Phi) is 10.5. The lowest BCUT2D eigenvalue weighted by Crippen LogP contribution is -2.27. The number of benzene rings is 3. The molecular weight excluding hydrogens is 644 g/mol. The van der Waals surface area contributed by atoms with Gasteiger partial charge in [0.1, 0.15) is 29.8 Å². The van der Waals surface area contributed by atoms with Gasteiger partial charge in [-0.1, -0.05) is 36.4 Å². The van der Waals surface area contributed by atoms with Crippen LogP contribution < -0.4 is 24.8 Å². The number of amides is 1. The first-order valence-electron chi connectivity index (χ1n) is 15.9. The molecule has 3 aromatic carbocycles. The van der Waals surface area contributed by atoms with Gasteiger partial charge in [-0.05, 0) is 66.8 Å². The van der Waals surface area contributed by atoms with E-state index >= 15 is 0 Å². The number of hydrogen-bond donors (Lipinski definition) is 2. The van der Waals surface area contributed by atoms with Crippen LogP contribution >= 0.6 is 0 Å². The molecule has 0 saturated carbocycles. The Morgan fingerprint density at radius 2 is 1.88 bits per heavy atom. The van der Waals surface area contributed by atoms with E-state index in [1.54, 1.807) is 19.1 Å². The highest BCUT2D eigenvalue weighted by atomic mass is 16.5. The molecule has 50 heavy (non-hydrogen) atoms. The van der Waals surface area contributed by atoms with Crippen molar-refractivity contribution in [2.45, 2.75) is 39.0 Å². The summed E-state index contributed by atoms with van der Waals surface area (Å²) in [6, 6.07) is 20.6. The van der Waals surface area contributed by atoms with Gasteiger partial charge in [-0.25, -0.2) is 4.79 Å². The Bertz CT molecular complexity index is 1980. The van der Waals surface area contributed by atoms with Gasteiger partial charge in [0, 0.05) is 19.2 Å². The van der Waals surface area contributed by atoms with Gasteiger partial charge in [0.15, 0.2) is 12.3 Å². The summed E-state index contributed by atoms with van der Waals surface area (Å²) in [5, 5.41) is 15.6. The summed E-state index contributed by atoms with van der Waals surface area (Å²) in [7, 11) is 0. The number of ether oxygens (including phenoxy) is 5. The summed E-state index contributed by atoms with van der Waals surface area (Å²) < 4.78 is 28.5. The van der Waals surface area contributed by atoms with E-state index < -0.39 is 11.9 Å². The van der Waals surface area contributed by atoms with Crippen LogP contribution in [0.5, 0.6) is 29.3 Å². The summed E-state index contributed by atoms with van der Waals surface area (Å²) in [6.45, 7) is 2.46. The molecule has 0 fully saturated rings. The number of esters is 2. The number of hydrogen-bond acceptors (Lipinski definition) is 13. The van der Waals surface area contributed by atoms with Crippen LogP contribution in [0.4, 0.5) is 5.69 Å². The first kappa shape index (κ1) is 33.6. The molecule has 1 unspecified atom stereocenters. The van der Waals surface area contributed by atoms with Crippen molar-refractivity contribution in [3.8, 4) is 35.3 Å². The van der Waals surface area contributed by atoms with Gasteiger partial charge in [0.25, 0.3) is 11.8 Å². The SMILES string of the molecule is CCOC(=O)CCc1cc(Oc2nc(Oc3cc(C#N)ccc3C(=O)OCc3ccccc3)nc3c2NC(=O)CO3)cc(C2N=CCCN2)c1. The van der Waals surface area contributed by atoms with Crippen molar-refractivity contribution in [2.75, 3.05) is 25.1 Å². The highest BCUT2D eigenvalue weighted by Crippen LogP contribution is 2.40. The maximum atomic E-state index is 13.2. The zero-order chi connectivity index (χ0) is 34.9. The molecule has 0 spiro atoms. The quantitative estimate of drug-likeness (QED) is 0.188. The largest absolute Gasteiger partial charge is 0.466 e. The number of aryl methyl sites for hydroxylation is 1. The molecule has 2 N–H and O–H groups in total. The van der Waals surface area contributed by atoms with Crippen molar-refractivity contribution in [3.63, 3.8) is 0 Å². The van der Waals surface area contributed by atoms with E-state index in [2.05, 4.69) is 25.6 Å². The molecule has 0 bridgehead atoms. The summed E-state index contributed by atoms with van der Waals surface area (Å²) in [5.74, 6) is -1.34. The van der Waals surface area contributed by atoms with Crippen LogP contribution in [0, 0.1) is 11.3 Å². The fourth-order valence-electron chi connectivity index (χ4n) is 5.15. The van der Waals surface area contributed by atoms with Gasteiger partial charge >= 0.3 is 17.9 Å². The zero-order valence-electron chi connectivity index (χ0n) is 27.0. The van der Waals surface area contributed by atoms with Gasteiger partial charge in [0.2, 0.25) is 5.88 Å². The Hall–Kier alpha value is -6.33. The summed E-state index contributed by atoms with van der Waals surface area (Å²) in [4.78, 5) is 50.9. The first-order chi connectivity index (χ1) is 24.4.